The number of thiazole rings is 1. The van der Waals surface area contributed by atoms with Crippen molar-refractivity contribution in [2.45, 2.75) is 27.2 Å². The molecule has 0 bridgehead atoms. The van der Waals surface area contributed by atoms with Crippen molar-refractivity contribution in [3.63, 3.8) is 0 Å². The molecule has 0 fully saturated rings. The van der Waals surface area contributed by atoms with Gasteiger partial charge in [0.15, 0.2) is 0 Å². The summed E-state index contributed by atoms with van der Waals surface area (Å²) in [5, 5.41) is 10.5. The molecule has 1 aromatic heterocycles. The highest BCUT2D eigenvalue weighted by atomic mass is 35.5. The number of ether oxygens (including phenoxy) is 1. The van der Waals surface area contributed by atoms with E-state index >= 15 is 0 Å². The van der Waals surface area contributed by atoms with Crippen molar-refractivity contribution in [2.24, 2.45) is 0 Å². The zero-order valence-corrected chi connectivity index (χ0v) is 13.6. The topological polar surface area (TPSA) is 59.4 Å². The van der Waals surface area contributed by atoms with E-state index in [0.717, 1.165) is 26.9 Å². The van der Waals surface area contributed by atoms with Crippen LogP contribution in [0.3, 0.4) is 0 Å². The third-order valence-corrected chi connectivity index (χ3v) is 4.83. The summed E-state index contributed by atoms with van der Waals surface area (Å²) < 4.78 is 5.70. The summed E-state index contributed by atoms with van der Waals surface area (Å²) in [6.07, 6.45) is 0.583. The third kappa shape index (κ3) is 3.74. The van der Waals surface area contributed by atoms with Crippen molar-refractivity contribution < 1.29 is 14.6 Å². The summed E-state index contributed by atoms with van der Waals surface area (Å²) in [6.45, 7) is 6.03. The van der Waals surface area contributed by atoms with E-state index in [1.807, 2.05) is 26.0 Å². The Bertz CT molecular complexity index is 659. The fraction of sp³-hybridized carbons (Fsp3) is 0.333. The normalized spacial score (nSPS) is 10.7. The molecule has 1 heterocycles. The molecule has 0 saturated carbocycles. The Kier molecular flexibility index (Phi) is 4.85. The maximum absolute atomic E-state index is 11.0. The van der Waals surface area contributed by atoms with Gasteiger partial charge in [0.05, 0.1) is 17.3 Å². The molecule has 0 radical (unpaired) electrons. The lowest BCUT2D eigenvalue weighted by atomic mass is 10.1. The molecule has 0 aliphatic rings. The lowest BCUT2D eigenvalue weighted by molar-refractivity contribution is 0.0701. The van der Waals surface area contributed by atoms with Crippen LogP contribution in [0.5, 0.6) is 5.75 Å². The van der Waals surface area contributed by atoms with Crippen molar-refractivity contribution in [1.29, 1.82) is 0 Å². The fourth-order valence-corrected chi connectivity index (χ4v) is 3.00. The summed E-state index contributed by atoms with van der Waals surface area (Å²) in [5.74, 6) is -0.165. The van der Waals surface area contributed by atoms with Gasteiger partial charge < -0.3 is 9.84 Å². The molecule has 0 aliphatic carbocycles. The van der Waals surface area contributed by atoms with Crippen molar-refractivity contribution in [1.82, 2.24) is 4.98 Å². The Labute approximate surface area is 132 Å². The van der Waals surface area contributed by atoms with Gasteiger partial charge in [-0.3, -0.25) is 0 Å². The van der Waals surface area contributed by atoms with E-state index in [1.165, 1.54) is 11.3 Å². The Morgan fingerprint density at radius 1 is 1.33 bits per heavy atom. The van der Waals surface area contributed by atoms with E-state index in [4.69, 9.17) is 21.4 Å². The predicted molar refractivity (Wildman–Crippen MR) is 83.9 cm³/mol. The number of aromatic nitrogens is 1. The van der Waals surface area contributed by atoms with E-state index in [0.29, 0.717) is 23.6 Å². The van der Waals surface area contributed by atoms with Gasteiger partial charge in [0.2, 0.25) is 0 Å². The van der Waals surface area contributed by atoms with Gasteiger partial charge in [-0.05, 0) is 44.0 Å². The van der Waals surface area contributed by atoms with Crippen LogP contribution in [0.15, 0.2) is 12.1 Å². The first-order chi connectivity index (χ1) is 9.88. The summed E-state index contributed by atoms with van der Waals surface area (Å²) in [6, 6.07) is 3.79. The van der Waals surface area contributed by atoms with Crippen LogP contribution >= 0.6 is 22.9 Å². The molecule has 4 nitrogen and oxygen atoms in total. The molecule has 2 rings (SSSR count). The molecule has 0 atom stereocenters. The van der Waals surface area contributed by atoms with Crippen LogP contribution in [0.1, 0.15) is 31.5 Å². The van der Waals surface area contributed by atoms with Crippen LogP contribution in [0.4, 0.5) is 0 Å². The molecule has 21 heavy (non-hydrogen) atoms. The van der Waals surface area contributed by atoms with Gasteiger partial charge in [-0.2, -0.15) is 0 Å². The van der Waals surface area contributed by atoms with Gasteiger partial charge in [0, 0.05) is 11.4 Å². The first-order valence-electron chi connectivity index (χ1n) is 6.47. The van der Waals surface area contributed by atoms with Crippen LogP contribution in [-0.4, -0.2) is 22.7 Å². The second-order valence-corrected chi connectivity index (χ2v) is 6.26. The second-order valence-electron chi connectivity index (χ2n) is 4.80. The highest BCUT2D eigenvalue weighted by Crippen LogP contribution is 2.26. The van der Waals surface area contributed by atoms with Crippen LogP contribution in [0.25, 0.3) is 0 Å². The van der Waals surface area contributed by atoms with Crippen molar-refractivity contribution >= 4 is 28.9 Å². The van der Waals surface area contributed by atoms with Gasteiger partial charge in [0.1, 0.15) is 10.6 Å². The predicted octanol–water partition coefficient (Wildman–Crippen LogP) is 4.04. The van der Waals surface area contributed by atoms with Crippen LogP contribution in [-0.2, 0) is 6.42 Å². The average molecular weight is 326 g/mol. The number of hydrogen-bond donors (Lipinski definition) is 1. The Balaban J connectivity index is 1.99. The molecule has 0 spiro atoms. The van der Waals surface area contributed by atoms with Gasteiger partial charge in [0.25, 0.3) is 0 Å². The minimum atomic E-state index is -0.930. The first-order valence-corrected chi connectivity index (χ1v) is 7.67. The zero-order chi connectivity index (χ0) is 15.6. The number of aryl methyl sites for hydroxylation is 3. The molecule has 6 heteroatoms. The molecule has 1 aromatic carbocycles. The average Bonchev–Trinajstić information content (AvgIpc) is 2.77. The van der Waals surface area contributed by atoms with Gasteiger partial charge in [-0.15, -0.1) is 11.3 Å². The smallest absolute Gasteiger partial charge is 0.347 e. The Morgan fingerprint density at radius 3 is 2.48 bits per heavy atom. The van der Waals surface area contributed by atoms with Crippen molar-refractivity contribution in [3.05, 3.63) is 43.9 Å². The number of halogens is 1. The van der Waals surface area contributed by atoms with E-state index in [1.54, 1.807) is 6.92 Å². The van der Waals surface area contributed by atoms with Crippen LogP contribution in [0, 0.1) is 20.8 Å². The molecule has 0 saturated heterocycles. The SMILES string of the molecule is Cc1cc(OCCc2nc(C)c(C(=O)O)s2)cc(C)c1Cl. The minimum Gasteiger partial charge on any atom is -0.493 e. The molecular weight excluding hydrogens is 310 g/mol. The maximum atomic E-state index is 11.0. The molecule has 112 valence electrons. The third-order valence-electron chi connectivity index (χ3n) is 3.03. The zero-order valence-electron chi connectivity index (χ0n) is 12.1. The fourth-order valence-electron chi connectivity index (χ4n) is 2.00. The van der Waals surface area contributed by atoms with Gasteiger partial charge in [-0.1, -0.05) is 11.6 Å². The van der Waals surface area contributed by atoms with Crippen molar-refractivity contribution in [3.8, 4) is 5.75 Å². The van der Waals surface area contributed by atoms with Crippen LogP contribution in [0.2, 0.25) is 5.02 Å². The van der Waals surface area contributed by atoms with E-state index in [9.17, 15) is 4.79 Å². The monoisotopic (exact) mass is 325 g/mol. The molecule has 0 unspecified atom stereocenters. The summed E-state index contributed by atoms with van der Waals surface area (Å²) >= 11 is 7.31. The molecule has 0 amide bonds. The highest BCUT2D eigenvalue weighted by molar-refractivity contribution is 7.13. The van der Waals surface area contributed by atoms with E-state index in [-0.39, 0.29) is 0 Å². The van der Waals surface area contributed by atoms with Crippen LogP contribution < -0.4 is 4.74 Å². The van der Waals surface area contributed by atoms with Gasteiger partial charge in [-0.25, -0.2) is 9.78 Å². The highest BCUT2D eigenvalue weighted by Gasteiger charge is 2.13. The summed E-state index contributed by atoms with van der Waals surface area (Å²) in [4.78, 5) is 15.5. The minimum absolute atomic E-state index is 0.295. The lowest BCUT2D eigenvalue weighted by Gasteiger charge is -2.09. The second kappa shape index (κ2) is 6.45. The standard InChI is InChI=1S/C15H16ClNO3S/c1-8-6-11(7-9(2)13(8)16)20-5-4-12-17-10(3)14(21-12)15(18)19/h6-7H,4-5H2,1-3H3,(H,18,19). The molecule has 0 aliphatic heterocycles. The number of aromatic carboxylic acids is 1. The number of rotatable bonds is 5. The summed E-state index contributed by atoms with van der Waals surface area (Å²) in [5.41, 5.74) is 2.51. The van der Waals surface area contributed by atoms with E-state index < -0.39 is 5.97 Å². The molecule has 1 N–H and O–H groups in total. The maximum Gasteiger partial charge on any atom is 0.347 e. The lowest BCUT2D eigenvalue weighted by Crippen LogP contribution is -2.01. The molecular formula is C15H16ClNO3S. The Hall–Kier alpha value is -1.59. The summed E-state index contributed by atoms with van der Waals surface area (Å²) in [7, 11) is 0. The number of nitrogens with zero attached hydrogens (tertiary/aromatic N) is 1. The molecule has 2 aromatic rings. The first kappa shape index (κ1) is 15.8. The number of carboxylic acids is 1. The number of carbonyl (C=O) groups is 1. The largest absolute Gasteiger partial charge is 0.493 e. The number of benzene rings is 1. The van der Waals surface area contributed by atoms with Crippen molar-refractivity contribution in [2.75, 3.05) is 6.61 Å². The quantitative estimate of drug-likeness (QED) is 0.901. The Morgan fingerprint density at radius 2 is 1.95 bits per heavy atom. The number of carboxylic acid groups (broad SMARTS) is 1. The van der Waals surface area contributed by atoms with E-state index in [2.05, 4.69) is 4.98 Å². The van der Waals surface area contributed by atoms with Gasteiger partial charge >= 0.3 is 5.97 Å². The number of hydrogen-bond acceptors (Lipinski definition) is 4.